The lowest BCUT2D eigenvalue weighted by Crippen LogP contribution is -2.47. The molecule has 2 rings (SSSR count). The molecule has 0 aromatic carbocycles. The van der Waals surface area contributed by atoms with Crippen LogP contribution in [0.15, 0.2) is 23.2 Å². The standard InChI is InChI=1S/C15H26N4O2S/c1-4-5-8-18(3)15-7-6-14(13-16-15)22(20,21)19-11-9-17(2)10-12-19/h6-7,13H,4-5,8-12H2,1-3H3. The highest BCUT2D eigenvalue weighted by molar-refractivity contribution is 7.89. The molecule has 22 heavy (non-hydrogen) atoms. The van der Waals surface area contributed by atoms with Crippen molar-refractivity contribution >= 4 is 15.8 Å². The summed E-state index contributed by atoms with van der Waals surface area (Å²) in [5.74, 6) is 0.811. The molecule has 0 bridgehead atoms. The Morgan fingerprint density at radius 3 is 2.45 bits per heavy atom. The molecule has 1 aromatic rings. The van der Waals surface area contributed by atoms with Gasteiger partial charge in [-0.2, -0.15) is 4.31 Å². The summed E-state index contributed by atoms with van der Waals surface area (Å²) in [4.78, 5) is 8.79. The van der Waals surface area contributed by atoms with Crippen LogP contribution in [0.5, 0.6) is 0 Å². The van der Waals surface area contributed by atoms with Crippen LogP contribution >= 0.6 is 0 Å². The normalized spacial score (nSPS) is 17.6. The molecule has 2 heterocycles. The third-order valence-electron chi connectivity index (χ3n) is 4.06. The minimum absolute atomic E-state index is 0.282. The number of hydrogen-bond acceptors (Lipinski definition) is 5. The zero-order chi connectivity index (χ0) is 16.2. The molecule has 1 aliphatic heterocycles. The second-order valence-electron chi connectivity index (χ2n) is 5.83. The van der Waals surface area contributed by atoms with E-state index in [-0.39, 0.29) is 4.90 Å². The van der Waals surface area contributed by atoms with Gasteiger partial charge in [0.25, 0.3) is 0 Å². The van der Waals surface area contributed by atoms with Crippen LogP contribution < -0.4 is 4.90 Å². The molecule has 1 aromatic heterocycles. The summed E-state index contributed by atoms with van der Waals surface area (Å²) in [5, 5.41) is 0. The van der Waals surface area contributed by atoms with Crippen molar-refractivity contribution in [2.75, 3.05) is 51.7 Å². The first-order valence-electron chi connectivity index (χ1n) is 7.81. The first-order chi connectivity index (χ1) is 10.4. The van der Waals surface area contributed by atoms with Crippen molar-refractivity contribution in [2.24, 2.45) is 0 Å². The number of unbranched alkanes of at least 4 members (excludes halogenated alkanes) is 1. The van der Waals surface area contributed by atoms with E-state index in [0.717, 1.165) is 38.3 Å². The summed E-state index contributed by atoms with van der Waals surface area (Å²) in [7, 11) is 0.566. The quantitative estimate of drug-likeness (QED) is 0.787. The highest BCUT2D eigenvalue weighted by atomic mass is 32.2. The smallest absolute Gasteiger partial charge is 0.244 e. The second-order valence-corrected chi connectivity index (χ2v) is 7.77. The number of anilines is 1. The van der Waals surface area contributed by atoms with E-state index in [4.69, 9.17) is 0 Å². The number of nitrogens with zero attached hydrogens (tertiary/aromatic N) is 4. The maximum Gasteiger partial charge on any atom is 0.244 e. The molecule has 0 unspecified atom stereocenters. The first kappa shape index (κ1) is 17.2. The second kappa shape index (κ2) is 7.39. The van der Waals surface area contributed by atoms with Crippen molar-refractivity contribution in [1.29, 1.82) is 0 Å². The molecule has 0 aliphatic carbocycles. The van der Waals surface area contributed by atoms with Gasteiger partial charge in [-0.05, 0) is 25.6 Å². The Labute approximate surface area is 133 Å². The Morgan fingerprint density at radius 1 is 1.23 bits per heavy atom. The summed E-state index contributed by atoms with van der Waals surface area (Å²) in [6.45, 7) is 5.68. The lowest BCUT2D eigenvalue weighted by Gasteiger charge is -2.31. The van der Waals surface area contributed by atoms with Crippen molar-refractivity contribution in [2.45, 2.75) is 24.7 Å². The van der Waals surface area contributed by atoms with Crippen molar-refractivity contribution in [1.82, 2.24) is 14.2 Å². The number of hydrogen-bond donors (Lipinski definition) is 0. The zero-order valence-electron chi connectivity index (χ0n) is 13.7. The highest BCUT2D eigenvalue weighted by Crippen LogP contribution is 2.19. The van der Waals surface area contributed by atoms with Gasteiger partial charge in [0.1, 0.15) is 10.7 Å². The predicted octanol–water partition coefficient (Wildman–Crippen LogP) is 1.25. The van der Waals surface area contributed by atoms with Gasteiger partial charge in [-0.15, -0.1) is 0 Å². The van der Waals surface area contributed by atoms with Crippen LogP contribution in [0.25, 0.3) is 0 Å². The fourth-order valence-corrected chi connectivity index (χ4v) is 3.81. The summed E-state index contributed by atoms with van der Waals surface area (Å²) in [6.07, 6.45) is 3.70. The predicted molar refractivity (Wildman–Crippen MR) is 88.7 cm³/mol. The monoisotopic (exact) mass is 326 g/mol. The number of sulfonamides is 1. The van der Waals surface area contributed by atoms with Crippen LogP contribution in [0, 0.1) is 0 Å². The van der Waals surface area contributed by atoms with Crippen LogP contribution in [0.1, 0.15) is 19.8 Å². The fourth-order valence-electron chi connectivity index (χ4n) is 2.44. The van der Waals surface area contributed by atoms with Gasteiger partial charge in [0.05, 0.1) is 0 Å². The lowest BCUT2D eigenvalue weighted by atomic mass is 10.3. The summed E-state index contributed by atoms with van der Waals surface area (Å²) in [6, 6.07) is 3.46. The van der Waals surface area contributed by atoms with E-state index >= 15 is 0 Å². The Hall–Kier alpha value is -1.18. The summed E-state index contributed by atoms with van der Waals surface area (Å²) < 4.78 is 26.7. The Morgan fingerprint density at radius 2 is 1.91 bits per heavy atom. The number of pyridine rings is 1. The molecule has 1 fully saturated rings. The van der Waals surface area contributed by atoms with Gasteiger partial charge >= 0.3 is 0 Å². The van der Waals surface area contributed by atoms with Crippen molar-refractivity contribution in [3.63, 3.8) is 0 Å². The van der Waals surface area contributed by atoms with E-state index in [1.54, 1.807) is 16.4 Å². The van der Waals surface area contributed by atoms with E-state index in [1.807, 2.05) is 14.1 Å². The topological polar surface area (TPSA) is 56.8 Å². The minimum atomic E-state index is -3.42. The van der Waals surface area contributed by atoms with Gasteiger partial charge in [-0.25, -0.2) is 13.4 Å². The Kier molecular flexibility index (Phi) is 5.77. The molecule has 124 valence electrons. The number of piperazine rings is 1. The van der Waals surface area contributed by atoms with Crippen LogP contribution in [0.4, 0.5) is 5.82 Å². The van der Waals surface area contributed by atoms with Crippen LogP contribution in [-0.4, -0.2) is 69.4 Å². The van der Waals surface area contributed by atoms with E-state index in [1.165, 1.54) is 6.20 Å². The molecular weight excluding hydrogens is 300 g/mol. The van der Waals surface area contributed by atoms with Gasteiger partial charge in [0.15, 0.2) is 0 Å². The van der Waals surface area contributed by atoms with E-state index in [0.29, 0.717) is 13.1 Å². The molecule has 0 amide bonds. The van der Waals surface area contributed by atoms with Gasteiger partial charge in [-0.3, -0.25) is 0 Å². The lowest BCUT2D eigenvalue weighted by molar-refractivity contribution is 0.222. The maximum absolute atomic E-state index is 12.6. The van der Waals surface area contributed by atoms with E-state index < -0.39 is 10.0 Å². The molecular formula is C15H26N4O2S. The molecule has 0 saturated carbocycles. The summed E-state index contributed by atoms with van der Waals surface area (Å²) >= 11 is 0. The van der Waals surface area contributed by atoms with Crippen molar-refractivity contribution in [3.8, 4) is 0 Å². The summed E-state index contributed by atoms with van der Waals surface area (Å²) in [5.41, 5.74) is 0. The molecule has 1 saturated heterocycles. The van der Waals surface area contributed by atoms with Gasteiger partial charge in [0, 0.05) is 46.0 Å². The number of rotatable bonds is 6. The fraction of sp³-hybridized carbons (Fsp3) is 0.667. The third-order valence-corrected chi connectivity index (χ3v) is 5.94. The number of aromatic nitrogens is 1. The average molecular weight is 326 g/mol. The van der Waals surface area contributed by atoms with Crippen molar-refractivity contribution < 1.29 is 8.42 Å². The van der Waals surface area contributed by atoms with Crippen LogP contribution in [-0.2, 0) is 10.0 Å². The van der Waals surface area contributed by atoms with E-state index in [9.17, 15) is 8.42 Å². The molecule has 1 aliphatic rings. The van der Waals surface area contributed by atoms with Crippen molar-refractivity contribution in [3.05, 3.63) is 18.3 Å². The highest BCUT2D eigenvalue weighted by Gasteiger charge is 2.27. The molecule has 0 radical (unpaired) electrons. The van der Waals surface area contributed by atoms with Crippen LogP contribution in [0.2, 0.25) is 0 Å². The zero-order valence-corrected chi connectivity index (χ0v) is 14.5. The van der Waals surface area contributed by atoms with Gasteiger partial charge < -0.3 is 9.80 Å². The van der Waals surface area contributed by atoms with E-state index in [2.05, 4.69) is 21.7 Å². The first-order valence-corrected chi connectivity index (χ1v) is 9.25. The van der Waals surface area contributed by atoms with Crippen LogP contribution in [0.3, 0.4) is 0 Å². The Bertz CT molecular complexity index is 566. The third kappa shape index (κ3) is 3.97. The van der Waals surface area contributed by atoms with Gasteiger partial charge in [0.2, 0.25) is 10.0 Å². The Balaban J connectivity index is 2.08. The molecule has 6 nitrogen and oxygen atoms in total. The van der Waals surface area contributed by atoms with Gasteiger partial charge in [-0.1, -0.05) is 13.3 Å². The molecule has 0 spiro atoms. The minimum Gasteiger partial charge on any atom is -0.360 e. The average Bonchev–Trinajstić information content (AvgIpc) is 2.53. The largest absolute Gasteiger partial charge is 0.360 e. The molecule has 0 atom stereocenters. The number of likely N-dealkylation sites (N-methyl/N-ethyl adjacent to an activating group) is 1. The molecule has 7 heteroatoms. The maximum atomic E-state index is 12.6. The molecule has 0 N–H and O–H groups in total. The SMILES string of the molecule is CCCCN(C)c1ccc(S(=O)(=O)N2CCN(C)CC2)cn1.